The first kappa shape index (κ1) is 8.70. The molecular weight excluding hydrogens is 160 g/mol. The van der Waals surface area contributed by atoms with Crippen molar-refractivity contribution in [1.29, 1.82) is 0 Å². The van der Waals surface area contributed by atoms with Gasteiger partial charge in [0.15, 0.2) is 0 Å². The third-order valence-electron chi connectivity index (χ3n) is 2.93. The van der Waals surface area contributed by atoms with Crippen LogP contribution in [-0.2, 0) is 6.42 Å². The van der Waals surface area contributed by atoms with Gasteiger partial charge in [0.25, 0.3) is 0 Å². The fourth-order valence-corrected chi connectivity index (χ4v) is 2.23. The zero-order valence-corrected chi connectivity index (χ0v) is 8.25. The van der Waals surface area contributed by atoms with Crippen LogP contribution in [0.25, 0.3) is 0 Å². The number of hydrogen-bond donors (Lipinski definition) is 1. The Morgan fingerprint density at radius 3 is 3.23 bits per heavy atom. The maximum absolute atomic E-state index is 4.47. The predicted octanol–water partition coefficient (Wildman–Crippen LogP) is 1.58. The van der Waals surface area contributed by atoms with E-state index in [9.17, 15) is 0 Å². The summed E-state index contributed by atoms with van der Waals surface area (Å²) in [7, 11) is 2.01. The van der Waals surface area contributed by atoms with Gasteiger partial charge in [0.2, 0.25) is 0 Å². The third-order valence-corrected chi connectivity index (χ3v) is 2.93. The van der Waals surface area contributed by atoms with Crippen LogP contribution in [-0.4, -0.2) is 18.6 Å². The molecule has 2 rings (SSSR count). The van der Waals surface area contributed by atoms with Gasteiger partial charge in [0, 0.05) is 24.4 Å². The van der Waals surface area contributed by atoms with Crippen LogP contribution < -0.4 is 5.32 Å². The first-order valence-corrected chi connectivity index (χ1v) is 4.91. The Bertz CT molecular complexity index is 296. The van der Waals surface area contributed by atoms with Crippen LogP contribution >= 0.6 is 0 Å². The third kappa shape index (κ3) is 1.46. The highest BCUT2D eigenvalue weighted by Crippen LogP contribution is 2.35. The van der Waals surface area contributed by atoms with E-state index in [1.165, 1.54) is 17.7 Å². The lowest BCUT2D eigenvalue weighted by atomic mass is 9.97. The van der Waals surface area contributed by atoms with Gasteiger partial charge in [-0.25, -0.2) is 0 Å². The van der Waals surface area contributed by atoms with Crippen LogP contribution in [0.4, 0.5) is 0 Å². The van der Waals surface area contributed by atoms with Crippen molar-refractivity contribution in [2.45, 2.75) is 19.3 Å². The number of pyridine rings is 1. The summed E-state index contributed by atoms with van der Waals surface area (Å²) in [5, 5.41) is 3.24. The van der Waals surface area contributed by atoms with Crippen molar-refractivity contribution in [3.05, 3.63) is 29.6 Å². The van der Waals surface area contributed by atoms with E-state index in [0.29, 0.717) is 5.92 Å². The molecule has 1 aliphatic carbocycles. The lowest BCUT2D eigenvalue weighted by molar-refractivity contribution is 0.474. The normalized spacial score (nSPS) is 26.0. The minimum atomic E-state index is 0.612. The average Bonchev–Trinajstić information content (AvgIpc) is 2.44. The molecule has 1 aliphatic rings. The number of hydrogen-bond acceptors (Lipinski definition) is 2. The molecule has 1 aromatic rings. The minimum absolute atomic E-state index is 0.612. The maximum atomic E-state index is 4.47. The lowest BCUT2D eigenvalue weighted by Gasteiger charge is -2.14. The largest absolute Gasteiger partial charge is 0.319 e. The summed E-state index contributed by atoms with van der Waals surface area (Å²) in [6.07, 6.45) is 3.09. The molecule has 2 atom stereocenters. The molecule has 0 fully saturated rings. The summed E-state index contributed by atoms with van der Waals surface area (Å²) in [5.74, 6) is 1.35. The Balaban J connectivity index is 2.29. The molecule has 70 valence electrons. The molecular formula is C11H16N2. The van der Waals surface area contributed by atoms with Gasteiger partial charge in [0.05, 0.1) is 0 Å². The fourth-order valence-electron chi connectivity index (χ4n) is 2.23. The van der Waals surface area contributed by atoms with Crippen LogP contribution in [0.2, 0.25) is 0 Å². The second kappa shape index (κ2) is 3.46. The van der Waals surface area contributed by atoms with Crippen LogP contribution in [0.5, 0.6) is 0 Å². The van der Waals surface area contributed by atoms with Crippen molar-refractivity contribution in [3.63, 3.8) is 0 Å². The minimum Gasteiger partial charge on any atom is -0.319 e. The average molecular weight is 176 g/mol. The molecule has 0 saturated carbocycles. The number of aromatic nitrogens is 1. The number of likely N-dealkylation sites (N-methyl/N-ethyl adjacent to an activating group) is 1. The van der Waals surface area contributed by atoms with Gasteiger partial charge in [0.1, 0.15) is 0 Å². The van der Waals surface area contributed by atoms with Gasteiger partial charge in [-0.05, 0) is 31.0 Å². The Labute approximate surface area is 79.4 Å². The second-order valence-corrected chi connectivity index (χ2v) is 3.89. The van der Waals surface area contributed by atoms with Crippen LogP contribution in [0.15, 0.2) is 18.3 Å². The molecule has 0 aromatic carbocycles. The Morgan fingerprint density at radius 2 is 2.46 bits per heavy atom. The quantitative estimate of drug-likeness (QED) is 0.740. The molecule has 1 N–H and O–H groups in total. The standard InChI is InChI=1S/C11H16N2/c1-8-6-9-4-3-5-13-11(9)10(8)7-12-2/h3-5,8,10,12H,6-7H2,1-2H3. The SMILES string of the molecule is CNCC1c2ncccc2CC1C. The summed E-state index contributed by atoms with van der Waals surface area (Å²) in [4.78, 5) is 4.47. The molecule has 0 aliphatic heterocycles. The van der Waals surface area contributed by atoms with Gasteiger partial charge >= 0.3 is 0 Å². The first-order chi connectivity index (χ1) is 6.33. The van der Waals surface area contributed by atoms with Gasteiger partial charge < -0.3 is 5.32 Å². The summed E-state index contributed by atoms with van der Waals surface area (Å²) >= 11 is 0. The monoisotopic (exact) mass is 176 g/mol. The van der Waals surface area contributed by atoms with E-state index in [2.05, 4.69) is 23.3 Å². The summed E-state index contributed by atoms with van der Waals surface area (Å²) in [6, 6.07) is 4.24. The Hall–Kier alpha value is -0.890. The molecule has 2 heteroatoms. The zero-order chi connectivity index (χ0) is 9.26. The summed E-state index contributed by atoms with van der Waals surface area (Å²) < 4.78 is 0. The first-order valence-electron chi connectivity index (χ1n) is 4.91. The lowest BCUT2D eigenvalue weighted by Crippen LogP contribution is -2.20. The predicted molar refractivity (Wildman–Crippen MR) is 53.8 cm³/mol. The molecule has 1 heterocycles. The molecule has 0 saturated heterocycles. The van der Waals surface area contributed by atoms with Gasteiger partial charge in [-0.1, -0.05) is 13.0 Å². The Morgan fingerprint density at radius 1 is 1.62 bits per heavy atom. The molecule has 2 nitrogen and oxygen atoms in total. The van der Waals surface area contributed by atoms with Crippen molar-refractivity contribution < 1.29 is 0 Å². The summed E-state index contributed by atoms with van der Waals surface area (Å²) in [6.45, 7) is 3.36. The number of nitrogens with one attached hydrogen (secondary N) is 1. The molecule has 1 aromatic heterocycles. The van der Waals surface area contributed by atoms with Gasteiger partial charge in [-0.2, -0.15) is 0 Å². The highest BCUT2D eigenvalue weighted by molar-refractivity contribution is 5.30. The maximum Gasteiger partial charge on any atom is 0.0482 e. The van der Waals surface area contributed by atoms with E-state index in [0.717, 1.165) is 12.5 Å². The van der Waals surface area contributed by atoms with E-state index in [4.69, 9.17) is 0 Å². The zero-order valence-electron chi connectivity index (χ0n) is 8.25. The van der Waals surface area contributed by atoms with E-state index >= 15 is 0 Å². The van der Waals surface area contributed by atoms with Crippen LogP contribution in [0.3, 0.4) is 0 Å². The van der Waals surface area contributed by atoms with E-state index in [1.54, 1.807) is 0 Å². The smallest absolute Gasteiger partial charge is 0.0482 e. The van der Waals surface area contributed by atoms with Gasteiger partial charge in [-0.15, -0.1) is 0 Å². The van der Waals surface area contributed by atoms with Crippen molar-refractivity contribution in [3.8, 4) is 0 Å². The van der Waals surface area contributed by atoms with Crippen LogP contribution in [0.1, 0.15) is 24.1 Å². The van der Waals surface area contributed by atoms with E-state index in [-0.39, 0.29) is 0 Å². The molecule has 0 spiro atoms. The van der Waals surface area contributed by atoms with Crippen molar-refractivity contribution in [2.24, 2.45) is 5.92 Å². The topological polar surface area (TPSA) is 24.9 Å². The number of nitrogens with zero attached hydrogens (tertiary/aromatic N) is 1. The van der Waals surface area contributed by atoms with E-state index in [1.807, 2.05) is 19.3 Å². The van der Waals surface area contributed by atoms with Crippen LogP contribution in [0, 0.1) is 5.92 Å². The highest BCUT2D eigenvalue weighted by Gasteiger charge is 2.29. The highest BCUT2D eigenvalue weighted by atomic mass is 14.8. The fraction of sp³-hybridized carbons (Fsp3) is 0.545. The van der Waals surface area contributed by atoms with E-state index < -0.39 is 0 Å². The summed E-state index contributed by atoms with van der Waals surface area (Å²) in [5.41, 5.74) is 2.75. The molecule has 0 amide bonds. The number of fused-ring (bicyclic) bond motifs is 1. The molecule has 2 unspecified atom stereocenters. The van der Waals surface area contributed by atoms with Gasteiger partial charge in [-0.3, -0.25) is 4.98 Å². The molecule has 13 heavy (non-hydrogen) atoms. The Kier molecular flexibility index (Phi) is 2.32. The van der Waals surface area contributed by atoms with Crippen molar-refractivity contribution in [1.82, 2.24) is 10.3 Å². The number of rotatable bonds is 2. The van der Waals surface area contributed by atoms with Crippen molar-refractivity contribution in [2.75, 3.05) is 13.6 Å². The molecule has 0 radical (unpaired) electrons. The second-order valence-electron chi connectivity index (χ2n) is 3.89. The van der Waals surface area contributed by atoms with Crippen molar-refractivity contribution >= 4 is 0 Å². The molecule has 0 bridgehead atoms.